The molecule has 1 aromatic heterocycles. The molecule has 11 heteroatoms. The van der Waals surface area contributed by atoms with Crippen LogP contribution in [0.4, 0.5) is 11.4 Å². The van der Waals surface area contributed by atoms with Crippen molar-refractivity contribution in [1.29, 1.82) is 5.26 Å². The molecule has 192 valence electrons. The number of amides is 2. The Morgan fingerprint density at radius 2 is 1.74 bits per heavy atom. The second kappa shape index (κ2) is 10.7. The van der Waals surface area contributed by atoms with Crippen molar-refractivity contribution < 1.29 is 33.5 Å². The molecule has 0 bridgehead atoms. The number of nitrogens with zero attached hydrogens (tertiary/aromatic N) is 2. The number of hydrogen-bond acceptors (Lipinski definition) is 8. The molecule has 1 heterocycles. The van der Waals surface area contributed by atoms with Crippen molar-refractivity contribution in [3.63, 3.8) is 0 Å². The third-order valence-corrected chi connectivity index (χ3v) is 5.73. The second-order valence-corrected chi connectivity index (χ2v) is 8.03. The average molecular weight is 514 g/mol. The number of hydrogen-bond donors (Lipinski definition) is 3. The highest BCUT2D eigenvalue weighted by atomic mass is 16.5. The monoisotopic (exact) mass is 514 g/mol. The minimum Gasteiger partial charge on any atom is -0.496 e. The van der Waals surface area contributed by atoms with Crippen LogP contribution < -0.4 is 20.1 Å². The van der Waals surface area contributed by atoms with Crippen LogP contribution in [0.1, 0.15) is 39.8 Å². The fourth-order valence-electron chi connectivity index (χ4n) is 3.84. The first-order valence-corrected chi connectivity index (χ1v) is 11.3. The normalized spacial score (nSPS) is 10.5. The van der Waals surface area contributed by atoms with Crippen LogP contribution in [0.5, 0.6) is 11.5 Å². The predicted octanol–water partition coefficient (Wildman–Crippen LogP) is 4.68. The summed E-state index contributed by atoms with van der Waals surface area (Å²) in [6, 6.07) is 14.1. The van der Waals surface area contributed by atoms with E-state index in [4.69, 9.17) is 19.3 Å². The number of aromatic nitrogens is 1. The Labute approximate surface area is 216 Å². The van der Waals surface area contributed by atoms with Gasteiger partial charge < -0.3 is 29.7 Å². The van der Waals surface area contributed by atoms with Gasteiger partial charge in [0, 0.05) is 29.3 Å². The molecule has 4 rings (SSSR count). The number of carboxylic acids is 1. The minimum absolute atomic E-state index is 0.00702. The van der Waals surface area contributed by atoms with Gasteiger partial charge in [0.2, 0.25) is 5.91 Å². The van der Waals surface area contributed by atoms with E-state index in [1.54, 1.807) is 37.3 Å². The number of carboxylic acid groups (broad SMARTS) is 1. The molecule has 0 spiro atoms. The highest BCUT2D eigenvalue weighted by molar-refractivity contribution is 6.13. The lowest BCUT2D eigenvalue weighted by Gasteiger charge is -2.14. The molecular formula is C27H22N4O7. The minimum atomic E-state index is -1.31. The lowest BCUT2D eigenvalue weighted by atomic mass is 10.00. The van der Waals surface area contributed by atoms with E-state index in [0.717, 1.165) is 0 Å². The van der Waals surface area contributed by atoms with Gasteiger partial charge in [0.15, 0.2) is 11.3 Å². The summed E-state index contributed by atoms with van der Waals surface area (Å²) in [4.78, 5) is 36.8. The molecule has 38 heavy (non-hydrogen) atoms. The lowest BCUT2D eigenvalue weighted by Crippen LogP contribution is -2.15. The number of aromatic carboxylic acids is 1. The molecule has 0 aliphatic carbocycles. The van der Waals surface area contributed by atoms with Crippen LogP contribution in [-0.4, -0.2) is 42.3 Å². The van der Waals surface area contributed by atoms with Crippen LogP contribution >= 0.6 is 0 Å². The van der Waals surface area contributed by atoms with E-state index in [1.165, 1.54) is 32.4 Å². The Balaban J connectivity index is 1.80. The number of methoxy groups -OCH3 is 2. The molecule has 0 saturated carbocycles. The van der Waals surface area contributed by atoms with E-state index in [0.29, 0.717) is 40.1 Å². The Morgan fingerprint density at radius 3 is 2.39 bits per heavy atom. The molecule has 0 aliphatic rings. The van der Waals surface area contributed by atoms with Crippen LogP contribution in [0.15, 0.2) is 53.1 Å². The zero-order valence-electron chi connectivity index (χ0n) is 20.6. The molecule has 0 radical (unpaired) electrons. The van der Waals surface area contributed by atoms with Gasteiger partial charge in [0.1, 0.15) is 11.5 Å². The van der Waals surface area contributed by atoms with E-state index >= 15 is 0 Å². The first-order chi connectivity index (χ1) is 18.3. The largest absolute Gasteiger partial charge is 0.496 e. The van der Waals surface area contributed by atoms with Crippen molar-refractivity contribution in [3.8, 4) is 28.7 Å². The first-order valence-electron chi connectivity index (χ1n) is 11.3. The van der Waals surface area contributed by atoms with E-state index in [-0.39, 0.29) is 34.0 Å². The van der Waals surface area contributed by atoms with E-state index in [1.807, 2.05) is 6.07 Å². The van der Waals surface area contributed by atoms with Gasteiger partial charge in [-0.3, -0.25) is 9.59 Å². The van der Waals surface area contributed by atoms with E-state index in [2.05, 4.69) is 15.8 Å². The summed E-state index contributed by atoms with van der Waals surface area (Å²) < 4.78 is 16.4. The summed E-state index contributed by atoms with van der Waals surface area (Å²) in [6.07, 6.45) is 0.304. The van der Waals surface area contributed by atoms with Gasteiger partial charge in [-0.1, -0.05) is 12.1 Å². The Hall–Kier alpha value is -5.37. The van der Waals surface area contributed by atoms with Crippen molar-refractivity contribution in [3.05, 3.63) is 65.4 Å². The Kier molecular flexibility index (Phi) is 7.25. The first kappa shape index (κ1) is 25.7. The van der Waals surface area contributed by atoms with Crippen molar-refractivity contribution in [2.75, 3.05) is 24.9 Å². The number of ether oxygens (including phenoxy) is 2. The van der Waals surface area contributed by atoms with Gasteiger partial charge in [-0.2, -0.15) is 5.26 Å². The smallest absolute Gasteiger partial charge is 0.337 e. The summed E-state index contributed by atoms with van der Waals surface area (Å²) in [5.41, 5.74) is 1.69. The molecule has 2 amide bonds. The van der Waals surface area contributed by atoms with Gasteiger partial charge in [0.05, 0.1) is 42.5 Å². The number of carbonyl (C=O) groups is 3. The van der Waals surface area contributed by atoms with E-state index in [9.17, 15) is 19.5 Å². The quantitative estimate of drug-likeness (QED) is 0.303. The van der Waals surface area contributed by atoms with Crippen LogP contribution in [0.2, 0.25) is 0 Å². The molecule has 0 atom stereocenters. The maximum Gasteiger partial charge on any atom is 0.337 e. The highest BCUT2D eigenvalue weighted by Gasteiger charge is 2.23. The average Bonchev–Trinajstić information content (AvgIpc) is 3.35. The number of nitrogens with one attached hydrogen (secondary N) is 2. The molecular weight excluding hydrogens is 492 g/mol. The SMILES string of the molecule is CCC(=O)Nc1ccc(OC)c(-c2cc3c(C(=O)Nc4ccc(C#N)cc4C(=O)O)noc3cc2OC)c1. The molecule has 3 N–H and O–H groups in total. The fourth-order valence-corrected chi connectivity index (χ4v) is 3.84. The van der Waals surface area contributed by atoms with Crippen molar-refractivity contribution >= 4 is 40.1 Å². The van der Waals surface area contributed by atoms with Crippen molar-refractivity contribution in [2.45, 2.75) is 13.3 Å². The molecule has 11 nitrogen and oxygen atoms in total. The van der Waals surface area contributed by atoms with Crippen LogP contribution in [0.25, 0.3) is 22.1 Å². The van der Waals surface area contributed by atoms with Gasteiger partial charge in [0.25, 0.3) is 5.91 Å². The number of anilines is 2. The molecule has 0 fully saturated rings. The molecule has 0 aliphatic heterocycles. The third-order valence-electron chi connectivity index (χ3n) is 5.73. The topological polar surface area (TPSA) is 164 Å². The summed E-state index contributed by atoms with van der Waals surface area (Å²) >= 11 is 0. The van der Waals surface area contributed by atoms with Crippen LogP contribution in [-0.2, 0) is 4.79 Å². The molecule has 3 aromatic carbocycles. The molecule has 0 unspecified atom stereocenters. The van der Waals surface area contributed by atoms with Gasteiger partial charge >= 0.3 is 5.97 Å². The molecule has 4 aromatic rings. The number of fused-ring (bicyclic) bond motifs is 1. The molecule has 0 saturated heterocycles. The fraction of sp³-hybridized carbons (Fsp3) is 0.148. The zero-order chi connectivity index (χ0) is 27.4. The number of carbonyl (C=O) groups excluding carboxylic acids is 2. The van der Waals surface area contributed by atoms with Crippen LogP contribution in [0, 0.1) is 11.3 Å². The van der Waals surface area contributed by atoms with Crippen molar-refractivity contribution in [2.24, 2.45) is 0 Å². The number of rotatable bonds is 8. The maximum atomic E-state index is 13.2. The zero-order valence-corrected chi connectivity index (χ0v) is 20.6. The van der Waals surface area contributed by atoms with Crippen molar-refractivity contribution in [1.82, 2.24) is 5.16 Å². The highest BCUT2D eigenvalue weighted by Crippen LogP contribution is 2.41. The van der Waals surface area contributed by atoms with E-state index < -0.39 is 11.9 Å². The third kappa shape index (κ3) is 4.96. The van der Waals surface area contributed by atoms with Gasteiger partial charge in [-0.25, -0.2) is 4.79 Å². The summed E-state index contributed by atoms with van der Waals surface area (Å²) in [7, 11) is 2.98. The number of benzene rings is 3. The predicted molar refractivity (Wildman–Crippen MR) is 138 cm³/mol. The van der Waals surface area contributed by atoms with Gasteiger partial charge in [-0.15, -0.1) is 0 Å². The summed E-state index contributed by atoms with van der Waals surface area (Å²) in [5.74, 6) is -1.30. The summed E-state index contributed by atoms with van der Waals surface area (Å²) in [5, 5.41) is 28.1. The lowest BCUT2D eigenvalue weighted by molar-refractivity contribution is -0.115. The number of nitriles is 1. The van der Waals surface area contributed by atoms with Crippen LogP contribution in [0.3, 0.4) is 0 Å². The standard InChI is InChI=1S/C27H22N4O7/c1-4-24(32)29-15-6-8-21(36-2)16(10-15)17-11-19-23(12-22(17)37-3)38-31-25(19)26(33)30-20-7-5-14(13-28)9-18(20)27(34)35/h5-12H,4H2,1-3H3,(H,29,32)(H,30,33)(H,34,35). The maximum absolute atomic E-state index is 13.2. The Morgan fingerprint density at radius 1 is 1.00 bits per heavy atom. The Bertz CT molecular complexity index is 1620. The summed E-state index contributed by atoms with van der Waals surface area (Å²) in [6.45, 7) is 1.74. The van der Waals surface area contributed by atoms with Gasteiger partial charge in [-0.05, 0) is 42.5 Å². The second-order valence-electron chi connectivity index (χ2n) is 8.03.